The topological polar surface area (TPSA) is 219 Å². The fourth-order valence-corrected chi connectivity index (χ4v) is 8.91. The van der Waals surface area contributed by atoms with Crippen LogP contribution in [0.4, 0.5) is 0 Å². The monoisotopic (exact) mass is 993 g/mol. The van der Waals surface area contributed by atoms with E-state index in [1.807, 2.05) is 128 Å². The van der Waals surface area contributed by atoms with Crippen LogP contribution < -0.4 is 5.32 Å². The predicted octanol–water partition coefficient (Wildman–Crippen LogP) is 4.36. The van der Waals surface area contributed by atoms with Crippen LogP contribution in [0, 0.1) is 0 Å². The van der Waals surface area contributed by atoms with Crippen LogP contribution in [0.1, 0.15) is 46.5 Å². The number of carbonyl (C=O) groups excluding carboxylic acids is 2. The van der Waals surface area contributed by atoms with Crippen LogP contribution in [-0.4, -0.2) is 138 Å². The second-order valence-corrected chi connectivity index (χ2v) is 18.0. The van der Waals surface area contributed by atoms with Gasteiger partial charge in [0.2, 0.25) is 5.91 Å². The van der Waals surface area contributed by atoms with E-state index >= 15 is 0 Å². The van der Waals surface area contributed by atoms with Crippen molar-refractivity contribution in [2.45, 2.75) is 132 Å². The zero-order valence-corrected chi connectivity index (χ0v) is 40.0. The van der Waals surface area contributed by atoms with Gasteiger partial charge in [0.15, 0.2) is 18.9 Å². The smallest absolute Gasteiger partial charge is 0.338 e. The van der Waals surface area contributed by atoms with E-state index in [4.69, 9.17) is 47.4 Å². The normalized spacial score (nSPS) is 30.6. The van der Waals surface area contributed by atoms with Gasteiger partial charge in [0.05, 0.1) is 44.7 Å². The van der Waals surface area contributed by atoms with Crippen molar-refractivity contribution in [3.8, 4) is 0 Å². The van der Waals surface area contributed by atoms with E-state index in [0.717, 1.165) is 22.3 Å². The molecule has 5 aromatic rings. The maximum absolute atomic E-state index is 13.0. The lowest BCUT2D eigenvalue weighted by atomic mass is 9.94. The average Bonchev–Trinajstić information content (AvgIpc) is 3.40. The molecular formula is C55H63NO16. The third-order valence-electron chi connectivity index (χ3n) is 12.7. The zero-order chi connectivity index (χ0) is 50.4. The molecule has 17 heteroatoms. The van der Waals surface area contributed by atoms with Gasteiger partial charge in [0, 0.05) is 6.92 Å². The lowest BCUT2D eigenvalue weighted by molar-refractivity contribution is -0.377. The van der Waals surface area contributed by atoms with E-state index in [0.29, 0.717) is 0 Å². The Kier molecular flexibility index (Phi) is 19.0. The Hall–Kier alpha value is -5.48. The molecule has 3 fully saturated rings. The molecule has 0 saturated carbocycles. The molecule has 15 atom stereocenters. The van der Waals surface area contributed by atoms with Gasteiger partial charge < -0.3 is 73.1 Å². The molecule has 0 radical (unpaired) electrons. The minimum atomic E-state index is -1.90. The van der Waals surface area contributed by atoms with Gasteiger partial charge >= 0.3 is 5.97 Å². The van der Waals surface area contributed by atoms with Crippen molar-refractivity contribution in [3.05, 3.63) is 179 Å². The van der Waals surface area contributed by atoms with Gasteiger partial charge in [0.1, 0.15) is 73.7 Å². The van der Waals surface area contributed by atoms with Crippen LogP contribution in [0.15, 0.2) is 152 Å². The Morgan fingerprint density at radius 3 is 1.53 bits per heavy atom. The predicted molar refractivity (Wildman–Crippen MR) is 257 cm³/mol. The summed E-state index contributed by atoms with van der Waals surface area (Å²) in [6.07, 6.45) is -19.1. The van der Waals surface area contributed by atoms with Gasteiger partial charge in [-0.25, -0.2) is 4.79 Å². The summed E-state index contributed by atoms with van der Waals surface area (Å²) >= 11 is 0. The molecule has 72 heavy (non-hydrogen) atoms. The number of carbonyl (C=O) groups is 2. The molecule has 0 bridgehead atoms. The van der Waals surface area contributed by atoms with E-state index in [9.17, 15) is 30.0 Å². The van der Waals surface area contributed by atoms with Gasteiger partial charge in [0.25, 0.3) is 0 Å². The molecule has 5 N–H and O–H groups in total. The second kappa shape index (κ2) is 26.0. The number of aliphatic hydroxyl groups excluding tert-OH is 4. The molecule has 0 spiro atoms. The van der Waals surface area contributed by atoms with Gasteiger partial charge in [-0.1, -0.05) is 140 Å². The lowest BCUT2D eigenvalue weighted by Crippen LogP contribution is -2.69. The fraction of sp³-hybridized carbons (Fsp3) is 0.418. The Labute approximate surface area is 418 Å². The van der Waals surface area contributed by atoms with Crippen molar-refractivity contribution < 1.29 is 77.4 Å². The summed E-state index contributed by atoms with van der Waals surface area (Å²) < 4.78 is 64.7. The van der Waals surface area contributed by atoms with Crippen LogP contribution in [0.25, 0.3) is 0 Å². The average molecular weight is 994 g/mol. The lowest BCUT2D eigenvalue weighted by Gasteiger charge is -2.50. The van der Waals surface area contributed by atoms with Gasteiger partial charge in [-0.15, -0.1) is 0 Å². The number of amides is 1. The van der Waals surface area contributed by atoms with Crippen molar-refractivity contribution in [2.24, 2.45) is 0 Å². The second-order valence-electron chi connectivity index (χ2n) is 18.0. The minimum Gasteiger partial charge on any atom is -0.459 e. The van der Waals surface area contributed by atoms with Gasteiger partial charge in [-0.2, -0.15) is 0 Å². The Balaban J connectivity index is 1.14. The number of aliphatic hydroxyl groups is 4. The molecule has 5 aromatic carbocycles. The van der Waals surface area contributed by atoms with E-state index in [1.54, 1.807) is 30.3 Å². The first-order chi connectivity index (χ1) is 35.0. The summed E-state index contributed by atoms with van der Waals surface area (Å²) in [7, 11) is 0. The summed E-state index contributed by atoms with van der Waals surface area (Å²) in [5.74, 6) is -1.31. The maximum Gasteiger partial charge on any atom is 0.338 e. The Morgan fingerprint density at radius 1 is 0.500 bits per heavy atom. The highest BCUT2D eigenvalue weighted by Gasteiger charge is 2.55. The largest absolute Gasteiger partial charge is 0.459 e. The third kappa shape index (κ3) is 14.0. The van der Waals surface area contributed by atoms with E-state index in [1.165, 1.54) is 6.92 Å². The molecule has 3 saturated heterocycles. The number of ether oxygens (including phenoxy) is 10. The highest BCUT2D eigenvalue weighted by Crippen LogP contribution is 2.36. The first kappa shape index (κ1) is 52.8. The molecule has 1 amide bonds. The van der Waals surface area contributed by atoms with Crippen molar-refractivity contribution in [3.63, 3.8) is 0 Å². The van der Waals surface area contributed by atoms with Gasteiger partial charge in [-0.05, 0) is 41.3 Å². The zero-order valence-electron chi connectivity index (χ0n) is 40.0. The molecule has 0 aromatic heterocycles. The molecule has 0 aliphatic carbocycles. The third-order valence-corrected chi connectivity index (χ3v) is 12.7. The molecule has 0 unspecified atom stereocenters. The van der Waals surface area contributed by atoms with Crippen molar-refractivity contribution in [1.29, 1.82) is 0 Å². The first-order valence-corrected chi connectivity index (χ1v) is 24.1. The van der Waals surface area contributed by atoms with E-state index in [2.05, 4.69) is 5.32 Å². The van der Waals surface area contributed by atoms with Crippen LogP contribution in [0.3, 0.4) is 0 Å². The minimum absolute atomic E-state index is 0.0935. The van der Waals surface area contributed by atoms with Crippen molar-refractivity contribution in [1.82, 2.24) is 5.32 Å². The summed E-state index contributed by atoms with van der Waals surface area (Å²) in [6.45, 7) is 2.94. The fourth-order valence-electron chi connectivity index (χ4n) is 8.91. The van der Waals surface area contributed by atoms with Crippen molar-refractivity contribution in [2.75, 3.05) is 13.2 Å². The quantitative estimate of drug-likeness (QED) is 0.0645. The Morgan fingerprint density at radius 2 is 0.986 bits per heavy atom. The van der Waals surface area contributed by atoms with Crippen molar-refractivity contribution >= 4 is 11.9 Å². The van der Waals surface area contributed by atoms with Crippen LogP contribution in [0.5, 0.6) is 0 Å². The standard InChI is InChI=1S/C55H63NO16/c1-34-47(64-29-37-20-10-4-11-21-37)50(65-30-38-22-12-5-13-23-38)51(66-31-39-24-14-6-15-25-39)55(68-34)71-48-42(32-63-28-36-18-8-3-9-19-36)69-53(62)43(56-35(2)57)49(48)72-54-46(60)45(59)44(58)41(70-54)33-67-52(61)40-26-16-7-17-27-40/h3-27,34,41-51,53-55,58-60,62H,28-33H2,1-2H3,(H,56,57)/t34-,41+,42+,43+,44-,45-,46+,47+,48+,49+,50+,51-,53+,54-,55-/m0/s1. The molecule has 3 aliphatic heterocycles. The number of esters is 1. The highest BCUT2D eigenvalue weighted by atomic mass is 16.8. The highest BCUT2D eigenvalue weighted by molar-refractivity contribution is 5.89. The number of hydrogen-bond donors (Lipinski definition) is 5. The number of hydrogen-bond acceptors (Lipinski definition) is 16. The summed E-state index contributed by atoms with van der Waals surface area (Å²) in [5.41, 5.74) is 3.74. The molecule has 3 aliphatic rings. The van der Waals surface area contributed by atoms with Gasteiger partial charge in [-0.3, -0.25) is 4.79 Å². The van der Waals surface area contributed by atoms with Crippen LogP contribution in [0.2, 0.25) is 0 Å². The molecule has 384 valence electrons. The van der Waals surface area contributed by atoms with E-state index < -0.39 is 111 Å². The van der Waals surface area contributed by atoms with Crippen LogP contribution in [-0.2, 0) is 78.6 Å². The summed E-state index contributed by atoms with van der Waals surface area (Å²) in [4.78, 5) is 25.9. The van der Waals surface area contributed by atoms with E-state index in [-0.39, 0.29) is 38.6 Å². The first-order valence-electron chi connectivity index (χ1n) is 24.1. The summed E-state index contributed by atoms with van der Waals surface area (Å²) in [5, 5.41) is 48.3. The SMILES string of the molecule is CC(=O)N[C@@H]1[C@@H](O[C@@H]2O[C@H](COC(=O)c3ccccc3)[C@H](O)[C@H](O)[C@H]2O)[C@H](O[C@@H]2O[C@@H](C)[C@@H](OCc3ccccc3)[C@@H](OCc3ccccc3)[C@@H]2OCc2ccccc2)[C@@H](COCc2ccccc2)O[C@H]1O. The summed E-state index contributed by atoms with van der Waals surface area (Å²) in [6, 6.07) is 45.0. The number of benzene rings is 5. The molecule has 17 nitrogen and oxygen atoms in total. The number of nitrogens with one attached hydrogen (secondary N) is 1. The van der Waals surface area contributed by atoms with Crippen LogP contribution >= 0.6 is 0 Å². The molecule has 3 heterocycles. The number of rotatable bonds is 21. The maximum atomic E-state index is 13.0. The molecular weight excluding hydrogens is 931 g/mol. The Bertz CT molecular complexity index is 2390. The molecule has 8 rings (SSSR count).